The van der Waals surface area contributed by atoms with E-state index in [-0.39, 0.29) is 5.56 Å². The van der Waals surface area contributed by atoms with Gasteiger partial charge in [-0.05, 0) is 36.1 Å². The van der Waals surface area contributed by atoms with E-state index in [1.807, 2.05) is 12.1 Å². The summed E-state index contributed by atoms with van der Waals surface area (Å²) in [5, 5.41) is 9.10. The minimum Gasteiger partial charge on any atom is -0.489 e. The van der Waals surface area contributed by atoms with Gasteiger partial charge in [-0.2, -0.15) is 0 Å². The average Bonchev–Trinajstić information content (AvgIpc) is 2.46. The monoisotopic (exact) mass is 284 g/mol. The maximum absolute atomic E-state index is 11.1. The van der Waals surface area contributed by atoms with Crippen LogP contribution in [0.2, 0.25) is 0 Å². The van der Waals surface area contributed by atoms with Crippen LogP contribution in [0, 0.1) is 6.92 Å². The average molecular weight is 284 g/mol. The van der Waals surface area contributed by atoms with E-state index in [0.717, 1.165) is 5.56 Å². The lowest BCUT2D eigenvalue weighted by Crippen LogP contribution is -2.03. The molecule has 2 aromatic rings. The summed E-state index contributed by atoms with van der Waals surface area (Å²) in [7, 11) is 0. The van der Waals surface area contributed by atoms with Crippen molar-refractivity contribution in [3.63, 3.8) is 0 Å². The van der Waals surface area contributed by atoms with Gasteiger partial charge in [-0.3, -0.25) is 0 Å². The second-order valence-electron chi connectivity index (χ2n) is 5.42. The van der Waals surface area contributed by atoms with Crippen LogP contribution in [0.1, 0.15) is 46.8 Å². The van der Waals surface area contributed by atoms with Gasteiger partial charge in [0.2, 0.25) is 0 Å². The van der Waals surface area contributed by atoms with Gasteiger partial charge in [-0.1, -0.05) is 44.2 Å². The van der Waals surface area contributed by atoms with Crippen molar-refractivity contribution < 1.29 is 14.6 Å². The van der Waals surface area contributed by atoms with Crippen LogP contribution < -0.4 is 4.74 Å². The van der Waals surface area contributed by atoms with Crippen molar-refractivity contribution >= 4 is 5.97 Å². The highest BCUT2D eigenvalue weighted by Gasteiger charge is 2.10. The van der Waals surface area contributed by atoms with E-state index >= 15 is 0 Å². The van der Waals surface area contributed by atoms with Crippen LogP contribution in [0.3, 0.4) is 0 Å². The summed E-state index contributed by atoms with van der Waals surface area (Å²) in [5.74, 6) is 0.191. The van der Waals surface area contributed by atoms with Gasteiger partial charge in [0, 0.05) is 5.56 Å². The van der Waals surface area contributed by atoms with Crippen molar-refractivity contribution in [1.29, 1.82) is 0 Å². The maximum atomic E-state index is 11.1. The molecule has 0 atom stereocenters. The number of carboxylic acids is 1. The van der Waals surface area contributed by atoms with E-state index in [1.165, 1.54) is 5.56 Å². The summed E-state index contributed by atoms with van der Waals surface area (Å²) < 4.78 is 5.75. The number of aromatic carboxylic acids is 1. The largest absolute Gasteiger partial charge is 0.489 e. The molecular weight excluding hydrogens is 264 g/mol. The first-order chi connectivity index (χ1) is 9.99. The van der Waals surface area contributed by atoms with Gasteiger partial charge in [0.05, 0.1) is 5.56 Å². The van der Waals surface area contributed by atoms with Crippen LogP contribution in [0.4, 0.5) is 0 Å². The Morgan fingerprint density at radius 1 is 1.14 bits per heavy atom. The Morgan fingerprint density at radius 3 is 2.38 bits per heavy atom. The fraction of sp³-hybridized carbons (Fsp3) is 0.278. The number of hydrogen-bond acceptors (Lipinski definition) is 2. The molecule has 0 heterocycles. The molecule has 0 spiro atoms. The van der Waals surface area contributed by atoms with E-state index in [0.29, 0.717) is 23.8 Å². The molecule has 1 N–H and O–H groups in total. The molecule has 0 saturated carbocycles. The first-order valence-corrected chi connectivity index (χ1v) is 7.03. The minimum absolute atomic E-state index is 0.280. The van der Waals surface area contributed by atoms with Crippen molar-refractivity contribution in [2.24, 2.45) is 0 Å². The molecule has 3 heteroatoms. The van der Waals surface area contributed by atoms with Crippen LogP contribution in [-0.2, 0) is 6.61 Å². The molecule has 0 aliphatic heterocycles. The zero-order valence-electron chi connectivity index (χ0n) is 12.6. The highest BCUT2D eigenvalue weighted by Crippen LogP contribution is 2.23. The first kappa shape index (κ1) is 15.1. The molecular formula is C18H20O3. The molecule has 2 rings (SSSR count). The van der Waals surface area contributed by atoms with E-state index < -0.39 is 5.97 Å². The normalized spacial score (nSPS) is 10.7. The van der Waals surface area contributed by atoms with E-state index in [4.69, 9.17) is 9.84 Å². The molecule has 0 radical (unpaired) electrons. The molecule has 0 amide bonds. The number of hydrogen-bond donors (Lipinski definition) is 1. The quantitative estimate of drug-likeness (QED) is 0.885. The third-order valence-electron chi connectivity index (χ3n) is 3.56. The topological polar surface area (TPSA) is 46.5 Å². The zero-order valence-corrected chi connectivity index (χ0v) is 12.6. The number of carbonyl (C=O) groups is 1. The third kappa shape index (κ3) is 3.63. The van der Waals surface area contributed by atoms with Crippen molar-refractivity contribution in [2.75, 3.05) is 0 Å². The molecule has 0 unspecified atom stereocenters. The SMILES string of the molecule is Cc1c(OCc2ccc(C(C)C)cc2)cccc1C(=O)O. The maximum Gasteiger partial charge on any atom is 0.336 e. The highest BCUT2D eigenvalue weighted by molar-refractivity contribution is 5.90. The fourth-order valence-corrected chi connectivity index (χ4v) is 2.16. The molecule has 0 saturated heterocycles. The lowest BCUT2D eigenvalue weighted by atomic mass is 10.0. The smallest absolute Gasteiger partial charge is 0.336 e. The molecule has 2 aromatic carbocycles. The highest BCUT2D eigenvalue weighted by atomic mass is 16.5. The summed E-state index contributed by atoms with van der Waals surface area (Å²) in [6.45, 7) is 6.52. The van der Waals surface area contributed by atoms with Gasteiger partial charge < -0.3 is 9.84 Å². The second-order valence-corrected chi connectivity index (χ2v) is 5.42. The van der Waals surface area contributed by atoms with Crippen molar-refractivity contribution in [3.8, 4) is 5.75 Å². The first-order valence-electron chi connectivity index (χ1n) is 7.03. The minimum atomic E-state index is -0.931. The van der Waals surface area contributed by atoms with Crippen LogP contribution in [0.5, 0.6) is 5.75 Å². The Hall–Kier alpha value is -2.29. The summed E-state index contributed by atoms with van der Waals surface area (Å²) in [6.07, 6.45) is 0. The summed E-state index contributed by atoms with van der Waals surface area (Å²) in [6, 6.07) is 13.4. The predicted octanol–water partition coefficient (Wildman–Crippen LogP) is 4.40. The molecule has 110 valence electrons. The molecule has 3 nitrogen and oxygen atoms in total. The van der Waals surface area contributed by atoms with Crippen molar-refractivity contribution in [2.45, 2.75) is 33.3 Å². The Labute approximate surface area is 125 Å². The fourth-order valence-electron chi connectivity index (χ4n) is 2.16. The van der Waals surface area contributed by atoms with Crippen LogP contribution in [-0.4, -0.2) is 11.1 Å². The van der Waals surface area contributed by atoms with Gasteiger partial charge in [-0.15, -0.1) is 0 Å². The van der Waals surface area contributed by atoms with Crippen molar-refractivity contribution in [1.82, 2.24) is 0 Å². The zero-order chi connectivity index (χ0) is 15.4. The number of rotatable bonds is 5. The summed E-state index contributed by atoms with van der Waals surface area (Å²) >= 11 is 0. The molecule has 0 aliphatic rings. The van der Waals surface area contributed by atoms with Gasteiger partial charge in [0.1, 0.15) is 12.4 Å². The molecule has 0 bridgehead atoms. The molecule has 0 aliphatic carbocycles. The number of carboxylic acid groups (broad SMARTS) is 1. The lowest BCUT2D eigenvalue weighted by molar-refractivity contribution is 0.0695. The Balaban J connectivity index is 2.09. The molecule has 0 aromatic heterocycles. The lowest BCUT2D eigenvalue weighted by Gasteiger charge is -2.12. The Kier molecular flexibility index (Phi) is 4.63. The van der Waals surface area contributed by atoms with Gasteiger partial charge in [0.25, 0.3) is 0 Å². The molecule has 0 fully saturated rings. The number of benzene rings is 2. The van der Waals surface area contributed by atoms with Crippen molar-refractivity contribution in [3.05, 3.63) is 64.7 Å². The molecule has 21 heavy (non-hydrogen) atoms. The summed E-state index contributed by atoms with van der Waals surface area (Å²) in [4.78, 5) is 11.1. The van der Waals surface area contributed by atoms with Crippen LogP contribution in [0.25, 0.3) is 0 Å². The number of ether oxygens (including phenoxy) is 1. The van der Waals surface area contributed by atoms with Crippen LogP contribution in [0.15, 0.2) is 42.5 Å². The standard InChI is InChI=1S/C18H20O3/c1-12(2)15-9-7-14(8-10-15)11-21-17-6-4-5-16(13(17)3)18(19)20/h4-10,12H,11H2,1-3H3,(H,19,20). The third-order valence-corrected chi connectivity index (χ3v) is 3.56. The van der Waals surface area contributed by atoms with Gasteiger partial charge in [0.15, 0.2) is 0 Å². The van der Waals surface area contributed by atoms with E-state index in [9.17, 15) is 4.79 Å². The predicted molar refractivity (Wildman–Crippen MR) is 83.0 cm³/mol. The van der Waals surface area contributed by atoms with Gasteiger partial charge >= 0.3 is 5.97 Å². The van der Waals surface area contributed by atoms with Crippen LogP contribution >= 0.6 is 0 Å². The van der Waals surface area contributed by atoms with E-state index in [1.54, 1.807) is 25.1 Å². The Morgan fingerprint density at radius 2 is 1.81 bits per heavy atom. The van der Waals surface area contributed by atoms with E-state index in [2.05, 4.69) is 26.0 Å². The Bertz CT molecular complexity index is 627. The summed E-state index contributed by atoms with van der Waals surface area (Å²) in [5.41, 5.74) is 3.30. The van der Waals surface area contributed by atoms with Gasteiger partial charge in [-0.25, -0.2) is 4.79 Å². The second kappa shape index (κ2) is 6.44.